The Labute approximate surface area is 131 Å². The van der Waals surface area contributed by atoms with E-state index in [1.54, 1.807) is 0 Å². The number of nitrogens with one attached hydrogen (secondary N) is 1. The van der Waals surface area contributed by atoms with E-state index in [1.807, 2.05) is 0 Å². The molecule has 3 saturated carbocycles. The fourth-order valence-corrected chi connectivity index (χ4v) is 4.09. The molecule has 0 bridgehead atoms. The van der Waals surface area contributed by atoms with Gasteiger partial charge in [0.2, 0.25) is 0 Å². The summed E-state index contributed by atoms with van der Waals surface area (Å²) in [5.74, 6) is 0.896. The molecular formula is C19H35NO. The molecule has 3 aliphatic rings. The van der Waals surface area contributed by atoms with Crippen LogP contribution in [0.1, 0.15) is 85.0 Å². The van der Waals surface area contributed by atoms with Crippen LogP contribution in [0.15, 0.2) is 0 Å². The van der Waals surface area contributed by atoms with Crippen molar-refractivity contribution in [1.29, 1.82) is 0 Å². The first-order chi connectivity index (χ1) is 9.96. The minimum absolute atomic E-state index is 0.154. The summed E-state index contributed by atoms with van der Waals surface area (Å²) in [6.07, 6.45) is 13.7. The maximum absolute atomic E-state index is 6.78. The third-order valence-electron chi connectivity index (χ3n) is 6.18. The maximum atomic E-state index is 6.78. The van der Waals surface area contributed by atoms with Crippen molar-refractivity contribution < 1.29 is 4.74 Å². The molecule has 0 atom stereocenters. The van der Waals surface area contributed by atoms with E-state index in [2.05, 4.69) is 26.1 Å². The van der Waals surface area contributed by atoms with E-state index in [0.29, 0.717) is 11.5 Å². The fourth-order valence-electron chi connectivity index (χ4n) is 4.09. The molecule has 21 heavy (non-hydrogen) atoms. The zero-order chi connectivity index (χ0) is 14.9. The molecule has 0 aromatic rings. The van der Waals surface area contributed by atoms with Crippen LogP contribution in [0.2, 0.25) is 0 Å². The van der Waals surface area contributed by atoms with Crippen molar-refractivity contribution in [2.45, 2.75) is 103 Å². The highest BCUT2D eigenvalue weighted by molar-refractivity contribution is 4.93. The minimum atomic E-state index is 0.154. The lowest BCUT2D eigenvalue weighted by Gasteiger charge is -2.44. The lowest BCUT2D eigenvalue weighted by atomic mass is 9.75. The Morgan fingerprint density at radius 1 is 0.905 bits per heavy atom. The molecule has 2 nitrogen and oxygen atoms in total. The van der Waals surface area contributed by atoms with E-state index in [4.69, 9.17) is 4.74 Å². The third kappa shape index (κ3) is 4.45. The van der Waals surface area contributed by atoms with Gasteiger partial charge in [0.15, 0.2) is 0 Å². The largest absolute Gasteiger partial charge is 0.370 e. The number of rotatable bonds is 5. The first kappa shape index (κ1) is 15.8. The van der Waals surface area contributed by atoms with Gasteiger partial charge < -0.3 is 10.1 Å². The van der Waals surface area contributed by atoms with Crippen molar-refractivity contribution in [2.75, 3.05) is 6.54 Å². The predicted molar refractivity (Wildman–Crippen MR) is 88.5 cm³/mol. The van der Waals surface area contributed by atoms with Gasteiger partial charge in [-0.15, -0.1) is 0 Å². The minimum Gasteiger partial charge on any atom is -0.370 e. The van der Waals surface area contributed by atoms with Gasteiger partial charge in [-0.2, -0.15) is 0 Å². The number of hydrogen-bond donors (Lipinski definition) is 1. The van der Waals surface area contributed by atoms with Crippen molar-refractivity contribution >= 4 is 0 Å². The van der Waals surface area contributed by atoms with Crippen LogP contribution in [0.4, 0.5) is 0 Å². The monoisotopic (exact) mass is 293 g/mol. The van der Waals surface area contributed by atoms with Gasteiger partial charge in [0.1, 0.15) is 0 Å². The molecule has 1 N–H and O–H groups in total. The Balaban J connectivity index is 1.56. The van der Waals surface area contributed by atoms with E-state index < -0.39 is 0 Å². The van der Waals surface area contributed by atoms with Gasteiger partial charge in [0, 0.05) is 12.6 Å². The van der Waals surface area contributed by atoms with E-state index >= 15 is 0 Å². The Bertz CT molecular complexity index is 329. The average molecular weight is 293 g/mol. The molecule has 2 heteroatoms. The second-order valence-corrected chi connectivity index (χ2v) is 9.00. The fraction of sp³-hybridized carbons (Fsp3) is 1.00. The smallest absolute Gasteiger partial charge is 0.0810 e. The Kier molecular flexibility index (Phi) is 4.66. The summed E-state index contributed by atoms with van der Waals surface area (Å²) in [5.41, 5.74) is 0.696. The Hall–Kier alpha value is -0.0800. The summed E-state index contributed by atoms with van der Waals surface area (Å²) in [5, 5.41) is 3.76. The lowest BCUT2D eigenvalue weighted by molar-refractivity contribution is -0.133. The second kappa shape index (κ2) is 6.20. The van der Waals surface area contributed by atoms with Gasteiger partial charge in [0.05, 0.1) is 11.7 Å². The van der Waals surface area contributed by atoms with Crippen LogP contribution in [0.5, 0.6) is 0 Å². The molecule has 0 aliphatic heterocycles. The standard InChI is InChI=1S/C19H35NO/c1-15-6-12-19(13-7-15,14-20-16-4-5-16)21-17-8-10-18(2,3)11-9-17/h15-17,20H,4-14H2,1-3H3. The van der Waals surface area contributed by atoms with Crippen molar-refractivity contribution in [2.24, 2.45) is 11.3 Å². The van der Waals surface area contributed by atoms with Gasteiger partial charge in [-0.1, -0.05) is 20.8 Å². The summed E-state index contributed by atoms with van der Waals surface area (Å²) < 4.78 is 6.78. The summed E-state index contributed by atoms with van der Waals surface area (Å²) in [7, 11) is 0. The normalized spacial score (nSPS) is 37.6. The molecule has 0 heterocycles. The van der Waals surface area contributed by atoms with Gasteiger partial charge in [0.25, 0.3) is 0 Å². The van der Waals surface area contributed by atoms with E-state index in [9.17, 15) is 0 Å². The van der Waals surface area contributed by atoms with Gasteiger partial charge >= 0.3 is 0 Å². The van der Waals surface area contributed by atoms with Gasteiger partial charge in [-0.05, 0) is 75.5 Å². The van der Waals surface area contributed by atoms with Crippen molar-refractivity contribution in [3.05, 3.63) is 0 Å². The quantitative estimate of drug-likeness (QED) is 0.795. The molecule has 122 valence electrons. The average Bonchev–Trinajstić information content (AvgIpc) is 3.27. The summed E-state index contributed by atoms with van der Waals surface area (Å²) in [4.78, 5) is 0. The molecule has 0 unspecified atom stereocenters. The van der Waals surface area contributed by atoms with Crippen LogP contribution < -0.4 is 5.32 Å². The van der Waals surface area contributed by atoms with Crippen LogP contribution in [-0.4, -0.2) is 24.3 Å². The first-order valence-corrected chi connectivity index (χ1v) is 9.38. The van der Waals surface area contributed by atoms with Gasteiger partial charge in [-0.3, -0.25) is 0 Å². The molecule has 3 fully saturated rings. The SMILES string of the molecule is CC1CCC(CNC2CC2)(OC2CCC(C)(C)CC2)CC1. The molecular weight excluding hydrogens is 258 g/mol. The molecule has 0 aromatic heterocycles. The number of ether oxygens (including phenoxy) is 1. The zero-order valence-electron chi connectivity index (χ0n) is 14.4. The molecule has 3 rings (SSSR count). The Morgan fingerprint density at radius 3 is 2.10 bits per heavy atom. The molecule has 0 amide bonds. The molecule has 0 saturated heterocycles. The van der Waals surface area contributed by atoms with Crippen molar-refractivity contribution in [3.63, 3.8) is 0 Å². The first-order valence-electron chi connectivity index (χ1n) is 9.38. The third-order valence-corrected chi connectivity index (χ3v) is 6.18. The highest BCUT2D eigenvalue weighted by atomic mass is 16.5. The van der Waals surface area contributed by atoms with Crippen LogP contribution >= 0.6 is 0 Å². The summed E-state index contributed by atoms with van der Waals surface area (Å²) >= 11 is 0. The highest BCUT2D eigenvalue weighted by Gasteiger charge is 2.40. The van der Waals surface area contributed by atoms with Crippen LogP contribution in [0, 0.1) is 11.3 Å². The van der Waals surface area contributed by atoms with Gasteiger partial charge in [-0.25, -0.2) is 0 Å². The van der Waals surface area contributed by atoms with E-state index in [-0.39, 0.29) is 5.60 Å². The molecule has 0 radical (unpaired) electrons. The predicted octanol–water partition coefficient (Wildman–Crippen LogP) is 4.67. The van der Waals surface area contributed by atoms with Crippen LogP contribution in [0.3, 0.4) is 0 Å². The number of hydrogen-bond acceptors (Lipinski definition) is 2. The second-order valence-electron chi connectivity index (χ2n) is 9.00. The molecule has 3 aliphatic carbocycles. The lowest BCUT2D eigenvalue weighted by Crippen LogP contribution is -2.49. The summed E-state index contributed by atoms with van der Waals surface area (Å²) in [6.45, 7) is 8.33. The van der Waals surface area contributed by atoms with Crippen molar-refractivity contribution in [1.82, 2.24) is 5.32 Å². The zero-order valence-corrected chi connectivity index (χ0v) is 14.4. The molecule has 0 aromatic carbocycles. The topological polar surface area (TPSA) is 21.3 Å². The van der Waals surface area contributed by atoms with E-state index in [1.165, 1.54) is 64.2 Å². The molecule has 0 spiro atoms. The van der Waals surface area contributed by atoms with Crippen molar-refractivity contribution in [3.8, 4) is 0 Å². The van der Waals surface area contributed by atoms with E-state index in [0.717, 1.165) is 18.5 Å². The van der Waals surface area contributed by atoms with Crippen LogP contribution in [-0.2, 0) is 4.74 Å². The Morgan fingerprint density at radius 2 is 1.52 bits per heavy atom. The summed E-state index contributed by atoms with van der Waals surface area (Å²) in [6, 6.07) is 0.801. The van der Waals surface area contributed by atoms with Crippen LogP contribution in [0.25, 0.3) is 0 Å². The highest BCUT2D eigenvalue weighted by Crippen LogP contribution is 2.41. The maximum Gasteiger partial charge on any atom is 0.0810 e.